The minimum atomic E-state index is 0.387. The highest BCUT2D eigenvalue weighted by Gasteiger charge is 2.13. The van der Waals surface area contributed by atoms with Gasteiger partial charge in [0.15, 0.2) is 0 Å². The zero-order valence-electron chi connectivity index (χ0n) is 10.8. The maximum absolute atomic E-state index is 6.13. The van der Waals surface area contributed by atoms with Crippen molar-refractivity contribution >= 4 is 11.6 Å². The highest BCUT2D eigenvalue weighted by Crippen LogP contribution is 2.23. The summed E-state index contributed by atoms with van der Waals surface area (Å²) in [5, 5.41) is 8.67. The topological polar surface area (TPSA) is 29.9 Å². The summed E-state index contributed by atoms with van der Waals surface area (Å²) in [7, 11) is 0. The van der Waals surface area contributed by atoms with Gasteiger partial charge >= 0.3 is 0 Å². The number of nitrogens with zero attached hydrogens (tertiary/aromatic N) is 2. The largest absolute Gasteiger partial charge is 0.314 e. The van der Waals surface area contributed by atoms with Crippen molar-refractivity contribution in [3.63, 3.8) is 0 Å². The van der Waals surface area contributed by atoms with Crippen LogP contribution in [0.3, 0.4) is 0 Å². The Morgan fingerprint density at radius 3 is 2.38 bits per heavy atom. The van der Waals surface area contributed by atoms with Crippen molar-refractivity contribution in [2.45, 2.75) is 53.1 Å². The first kappa shape index (κ1) is 13.5. The van der Waals surface area contributed by atoms with E-state index in [0.717, 1.165) is 29.4 Å². The lowest BCUT2D eigenvalue weighted by Crippen LogP contribution is -2.25. The van der Waals surface area contributed by atoms with Crippen LogP contribution < -0.4 is 5.32 Å². The Morgan fingerprint density at radius 2 is 1.94 bits per heavy atom. The van der Waals surface area contributed by atoms with Crippen LogP contribution in [-0.2, 0) is 0 Å². The Bertz CT molecular complexity index is 344. The normalized spacial score (nSPS) is 13.4. The summed E-state index contributed by atoms with van der Waals surface area (Å²) < 4.78 is 2.03. The molecule has 0 aliphatic carbocycles. The molecule has 0 aromatic carbocycles. The van der Waals surface area contributed by atoms with E-state index in [1.54, 1.807) is 0 Å². The molecule has 1 N–H and O–H groups in total. The van der Waals surface area contributed by atoms with E-state index in [1.165, 1.54) is 0 Å². The van der Waals surface area contributed by atoms with Gasteiger partial charge in [0.25, 0.3) is 0 Å². The van der Waals surface area contributed by atoms with E-state index < -0.39 is 0 Å². The van der Waals surface area contributed by atoms with Crippen molar-refractivity contribution in [3.8, 4) is 0 Å². The van der Waals surface area contributed by atoms with Gasteiger partial charge in [-0.3, -0.25) is 4.68 Å². The van der Waals surface area contributed by atoms with E-state index in [1.807, 2.05) is 18.5 Å². The molecule has 0 bridgehead atoms. The fourth-order valence-corrected chi connectivity index (χ4v) is 1.90. The number of aryl methyl sites for hydroxylation is 1. The Hall–Kier alpha value is -0.540. The van der Waals surface area contributed by atoms with Crippen molar-refractivity contribution in [1.29, 1.82) is 0 Å². The zero-order chi connectivity index (χ0) is 12.3. The van der Waals surface area contributed by atoms with E-state index in [2.05, 4.69) is 31.2 Å². The number of hydrogen-bond acceptors (Lipinski definition) is 2. The summed E-state index contributed by atoms with van der Waals surface area (Å²) in [5.74, 6) is 0. The molecule has 16 heavy (non-hydrogen) atoms. The second-order valence-electron chi connectivity index (χ2n) is 4.68. The smallest absolute Gasteiger partial charge is 0.0844 e. The standard InChI is InChI=1S/C12H22ClN3/c1-8(2)14-7-6-9(3)16-11(5)12(13)10(4)15-16/h8-9,14H,6-7H2,1-5H3. The van der Waals surface area contributed by atoms with Crippen molar-refractivity contribution in [2.24, 2.45) is 0 Å². The number of aromatic nitrogens is 2. The SMILES string of the molecule is Cc1nn(C(C)CCNC(C)C)c(C)c1Cl. The van der Waals surface area contributed by atoms with Gasteiger partial charge in [-0.25, -0.2) is 0 Å². The Labute approximate surface area is 103 Å². The van der Waals surface area contributed by atoms with Crippen LogP contribution in [0, 0.1) is 13.8 Å². The van der Waals surface area contributed by atoms with Crippen LogP contribution in [0.4, 0.5) is 0 Å². The molecule has 0 radical (unpaired) electrons. The van der Waals surface area contributed by atoms with Gasteiger partial charge in [0.05, 0.1) is 22.5 Å². The van der Waals surface area contributed by atoms with E-state index >= 15 is 0 Å². The molecule has 4 heteroatoms. The molecule has 1 atom stereocenters. The zero-order valence-corrected chi connectivity index (χ0v) is 11.6. The number of rotatable bonds is 5. The molecular formula is C12H22ClN3. The molecule has 0 saturated carbocycles. The predicted molar refractivity (Wildman–Crippen MR) is 69.2 cm³/mol. The molecule has 0 saturated heterocycles. The average molecular weight is 244 g/mol. The van der Waals surface area contributed by atoms with Crippen LogP contribution in [0.2, 0.25) is 5.02 Å². The van der Waals surface area contributed by atoms with Crippen LogP contribution in [0.25, 0.3) is 0 Å². The van der Waals surface area contributed by atoms with Crippen LogP contribution >= 0.6 is 11.6 Å². The monoisotopic (exact) mass is 243 g/mol. The molecule has 3 nitrogen and oxygen atoms in total. The van der Waals surface area contributed by atoms with E-state index in [4.69, 9.17) is 11.6 Å². The third-order valence-corrected chi connectivity index (χ3v) is 3.32. The van der Waals surface area contributed by atoms with Gasteiger partial charge in [-0.1, -0.05) is 25.4 Å². The third kappa shape index (κ3) is 3.22. The molecular weight excluding hydrogens is 222 g/mol. The Balaban J connectivity index is 2.59. The summed E-state index contributed by atoms with van der Waals surface area (Å²) >= 11 is 6.13. The van der Waals surface area contributed by atoms with Gasteiger partial charge < -0.3 is 5.32 Å². The van der Waals surface area contributed by atoms with E-state index in [0.29, 0.717) is 12.1 Å². The van der Waals surface area contributed by atoms with Gasteiger partial charge in [0.2, 0.25) is 0 Å². The first-order valence-electron chi connectivity index (χ1n) is 5.88. The molecule has 1 rings (SSSR count). The summed E-state index contributed by atoms with van der Waals surface area (Å²) in [6.45, 7) is 11.5. The molecule has 0 aliphatic rings. The maximum Gasteiger partial charge on any atom is 0.0844 e. The first-order chi connectivity index (χ1) is 7.43. The maximum atomic E-state index is 6.13. The molecule has 1 aromatic rings. The molecule has 0 fully saturated rings. The second kappa shape index (κ2) is 5.69. The van der Waals surface area contributed by atoms with Crippen molar-refractivity contribution in [1.82, 2.24) is 15.1 Å². The highest BCUT2D eigenvalue weighted by atomic mass is 35.5. The van der Waals surface area contributed by atoms with Gasteiger partial charge in [-0.2, -0.15) is 5.10 Å². The number of halogens is 1. The molecule has 0 spiro atoms. The van der Waals surface area contributed by atoms with Gasteiger partial charge in [0.1, 0.15) is 0 Å². The van der Waals surface area contributed by atoms with Crippen LogP contribution in [0.1, 0.15) is 44.6 Å². The second-order valence-corrected chi connectivity index (χ2v) is 5.05. The molecule has 1 heterocycles. The van der Waals surface area contributed by atoms with Crippen LogP contribution in [0.5, 0.6) is 0 Å². The molecule has 0 amide bonds. The van der Waals surface area contributed by atoms with E-state index in [9.17, 15) is 0 Å². The Morgan fingerprint density at radius 1 is 1.31 bits per heavy atom. The fourth-order valence-electron chi connectivity index (χ4n) is 1.78. The fraction of sp³-hybridized carbons (Fsp3) is 0.750. The molecule has 0 aliphatic heterocycles. The lowest BCUT2D eigenvalue weighted by Gasteiger charge is -2.15. The lowest BCUT2D eigenvalue weighted by atomic mass is 10.2. The minimum absolute atomic E-state index is 0.387. The molecule has 1 aromatic heterocycles. The summed E-state index contributed by atoms with van der Waals surface area (Å²) in [6.07, 6.45) is 1.07. The summed E-state index contributed by atoms with van der Waals surface area (Å²) in [4.78, 5) is 0. The average Bonchev–Trinajstić information content (AvgIpc) is 2.45. The van der Waals surface area contributed by atoms with Crippen molar-refractivity contribution in [2.75, 3.05) is 6.54 Å². The van der Waals surface area contributed by atoms with E-state index in [-0.39, 0.29) is 0 Å². The van der Waals surface area contributed by atoms with Gasteiger partial charge in [0, 0.05) is 6.04 Å². The number of nitrogens with one attached hydrogen (secondary N) is 1. The highest BCUT2D eigenvalue weighted by molar-refractivity contribution is 6.31. The Kier molecular flexibility index (Phi) is 4.81. The summed E-state index contributed by atoms with van der Waals surface area (Å²) in [5.41, 5.74) is 1.99. The summed E-state index contributed by atoms with van der Waals surface area (Å²) in [6, 6.07) is 0.925. The third-order valence-electron chi connectivity index (χ3n) is 2.77. The van der Waals surface area contributed by atoms with Gasteiger partial charge in [-0.05, 0) is 33.7 Å². The van der Waals surface area contributed by atoms with Crippen molar-refractivity contribution < 1.29 is 0 Å². The number of hydrogen-bond donors (Lipinski definition) is 1. The van der Waals surface area contributed by atoms with Gasteiger partial charge in [-0.15, -0.1) is 0 Å². The van der Waals surface area contributed by atoms with Crippen LogP contribution in [0.15, 0.2) is 0 Å². The lowest BCUT2D eigenvalue weighted by molar-refractivity contribution is 0.424. The minimum Gasteiger partial charge on any atom is -0.314 e. The van der Waals surface area contributed by atoms with Crippen molar-refractivity contribution in [3.05, 3.63) is 16.4 Å². The molecule has 1 unspecified atom stereocenters. The molecule has 92 valence electrons. The first-order valence-corrected chi connectivity index (χ1v) is 6.25. The quantitative estimate of drug-likeness (QED) is 0.861. The predicted octanol–water partition coefficient (Wildman–Crippen LogP) is 3.10. The van der Waals surface area contributed by atoms with Crippen LogP contribution in [-0.4, -0.2) is 22.4 Å².